The fourth-order valence-corrected chi connectivity index (χ4v) is 2.48. The zero-order valence-corrected chi connectivity index (χ0v) is 10.8. The van der Waals surface area contributed by atoms with Gasteiger partial charge in [-0.25, -0.2) is 0 Å². The minimum absolute atomic E-state index is 0.109. The first-order chi connectivity index (χ1) is 9.31. The molecule has 1 atom stereocenters. The summed E-state index contributed by atoms with van der Waals surface area (Å²) in [5, 5.41) is 13.0. The average Bonchev–Trinajstić information content (AvgIpc) is 2.80. The zero-order chi connectivity index (χ0) is 13.2. The van der Waals surface area contributed by atoms with Gasteiger partial charge in [0, 0.05) is 23.6 Å². The predicted molar refractivity (Wildman–Crippen MR) is 73.9 cm³/mol. The lowest BCUT2D eigenvalue weighted by atomic mass is 10.1. The molecule has 1 aliphatic heterocycles. The van der Waals surface area contributed by atoms with Crippen LogP contribution in [0.25, 0.3) is 16.7 Å². The highest BCUT2D eigenvalue weighted by Crippen LogP contribution is 2.28. The maximum absolute atomic E-state index is 11.9. The average molecular weight is 256 g/mol. The third-order valence-electron chi connectivity index (χ3n) is 3.35. The van der Waals surface area contributed by atoms with Crippen molar-refractivity contribution in [3.63, 3.8) is 0 Å². The van der Waals surface area contributed by atoms with Gasteiger partial charge in [0.15, 0.2) is 11.5 Å². The lowest BCUT2D eigenvalue weighted by Gasteiger charge is -2.15. The van der Waals surface area contributed by atoms with Gasteiger partial charge in [-0.05, 0) is 18.6 Å². The number of quaternary nitrogens is 1. The quantitative estimate of drug-likeness (QED) is 0.855. The molecule has 1 unspecified atom stereocenters. The van der Waals surface area contributed by atoms with Gasteiger partial charge in [0.25, 0.3) is 0 Å². The Bertz CT molecular complexity index is 632. The van der Waals surface area contributed by atoms with E-state index in [0.29, 0.717) is 0 Å². The fourth-order valence-electron chi connectivity index (χ4n) is 2.48. The molecule has 0 radical (unpaired) electrons. The smallest absolute Gasteiger partial charge is 0.226 e. The number of allylic oxidation sites excluding steroid dienone is 1. The Hall–Kier alpha value is -1.91. The zero-order valence-electron chi connectivity index (χ0n) is 10.8. The van der Waals surface area contributed by atoms with Crippen LogP contribution in [0, 0.1) is 5.21 Å². The lowest BCUT2D eigenvalue weighted by molar-refractivity contribution is -0.817. The van der Waals surface area contributed by atoms with Crippen molar-refractivity contribution in [2.45, 2.75) is 19.8 Å². The van der Waals surface area contributed by atoms with E-state index in [0.717, 1.165) is 40.8 Å². The number of hydrogen-bond donors (Lipinski definition) is 1. The molecule has 0 saturated heterocycles. The summed E-state index contributed by atoms with van der Waals surface area (Å²) in [6.45, 7) is 2.24. The topological polar surface area (TPSA) is 49.6 Å². The van der Waals surface area contributed by atoms with Crippen molar-refractivity contribution in [1.82, 2.24) is 4.98 Å². The highest BCUT2D eigenvalue weighted by molar-refractivity contribution is 5.90. The molecule has 2 aromatic rings. The molecule has 1 aliphatic rings. The van der Waals surface area contributed by atoms with Crippen LogP contribution in [0.15, 0.2) is 42.2 Å². The summed E-state index contributed by atoms with van der Waals surface area (Å²) < 4.78 is 5.63. The van der Waals surface area contributed by atoms with E-state index < -0.39 is 0 Å². The van der Waals surface area contributed by atoms with Crippen LogP contribution in [0.4, 0.5) is 0 Å². The summed E-state index contributed by atoms with van der Waals surface area (Å²) in [5.41, 5.74) is 2.71. The summed E-state index contributed by atoms with van der Waals surface area (Å²) in [6.07, 6.45) is 3.47. The van der Waals surface area contributed by atoms with Crippen molar-refractivity contribution in [2.75, 3.05) is 6.73 Å². The number of hydrogen-bond acceptors (Lipinski definition) is 3. The predicted octanol–water partition coefficient (Wildman–Crippen LogP) is 2.07. The van der Waals surface area contributed by atoms with E-state index in [1.165, 1.54) is 0 Å². The first-order valence-corrected chi connectivity index (χ1v) is 6.54. The number of nitrogens with one attached hydrogen (secondary N) is 1. The van der Waals surface area contributed by atoms with Gasteiger partial charge in [0.1, 0.15) is 0 Å². The highest BCUT2D eigenvalue weighted by atomic mass is 16.6. The van der Waals surface area contributed by atoms with E-state index in [1.807, 2.05) is 30.3 Å². The molecular formula is C15H16N2O2. The number of para-hydroxylation sites is 1. The third kappa shape index (κ3) is 2.09. The van der Waals surface area contributed by atoms with E-state index >= 15 is 0 Å². The Morgan fingerprint density at radius 2 is 2.16 bits per heavy atom. The van der Waals surface area contributed by atoms with E-state index in [2.05, 4.69) is 11.9 Å². The standard InChI is InChI=1S/C15H16N2O2/c1-2-5-14-15(19-10-17(14)18)12-8-9-16-13-7-4-3-6-11(12)13/h3-4,6-9,17H,2,5,10H2,1H3. The SMILES string of the molecule is CCCC1=C(c2ccnc3ccccc23)OC[NH+]1[O-]. The van der Waals surface area contributed by atoms with E-state index in [9.17, 15) is 5.21 Å². The van der Waals surface area contributed by atoms with Gasteiger partial charge in [0.2, 0.25) is 6.73 Å². The largest absolute Gasteiger partial charge is 0.626 e. The number of fused-ring (bicyclic) bond motifs is 1. The highest BCUT2D eigenvalue weighted by Gasteiger charge is 2.25. The van der Waals surface area contributed by atoms with Gasteiger partial charge >= 0.3 is 0 Å². The summed E-state index contributed by atoms with van der Waals surface area (Å²) in [4.78, 5) is 4.34. The summed E-state index contributed by atoms with van der Waals surface area (Å²) in [6, 6.07) is 9.84. The van der Waals surface area contributed by atoms with Gasteiger partial charge in [-0.15, -0.1) is 0 Å². The fraction of sp³-hybridized carbons (Fsp3) is 0.267. The number of benzene rings is 1. The van der Waals surface area contributed by atoms with Crippen LogP contribution < -0.4 is 5.06 Å². The maximum Gasteiger partial charge on any atom is 0.226 e. The van der Waals surface area contributed by atoms with Crippen molar-refractivity contribution in [2.24, 2.45) is 0 Å². The molecule has 98 valence electrons. The molecule has 0 aliphatic carbocycles. The Balaban J connectivity index is 2.18. The first-order valence-electron chi connectivity index (χ1n) is 6.54. The number of hydroxylamine groups is 2. The minimum Gasteiger partial charge on any atom is -0.626 e. The molecule has 1 N–H and O–H groups in total. The van der Waals surface area contributed by atoms with Gasteiger partial charge in [0.05, 0.1) is 5.52 Å². The van der Waals surface area contributed by atoms with E-state index in [-0.39, 0.29) is 11.8 Å². The molecule has 0 amide bonds. The second kappa shape index (κ2) is 4.99. The van der Waals surface area contributed by atoms with Crippen molar-refractivity contribution >= 4 is 16.7 Å². The summed E-state index contributed by atoms with van der Waals surface area (Å²) in [7, 11) is 0. The van der Waals surface area contributed by atoms with Crippen LogP contribution >= 0.6 is 0 Å². The number of aromatic nitrogens is 1. The third-order valence-corrected chi connectivity index (χ3v) is 3.35. The molecule has 1 aromatic carbocycles. The van der Waals surface area contributed by atoms with Crippen LogP contribution in [0.1, 0.15) is 25.3 Å². The van der Waals surface area contributed by atoms with Gasteiger partial charge in [-0.3, -0.25) is 4.98 Å². The lowest BCUT2D eigenvalue weighted by Crippen LogP contribution is -3.03. The van der Waals surface area contributed by atoms with Crippen LogP contribution in [-0.2, 0) is 4.74 Å². The van der Waals surface area contributed by atoms with Gasteiger partial charge in [-0.2, -0.15) is 0 Å². The molecule has 0 fully saturated rings. The van der Waals surface area contributed by atoms with Crippen LogP contribution in [0.3, 0.4) is 0 Å². The Morgan fingerprint density at radius 1 is 1.32 bits per heavy atom. The molecule has 3 rings (SSSR count). The maximum atomic E-state index is 11.9. The van der Waals surface area contributed by atoms with Crippen LogP contribution in [-0.4, -0.2) is 11.7 Å². The number of pyridine rings is 1. The van der Waals surface area contributed by atoms with Crippen molar-refractivity contribution < 1.29 is 9.80 Å². The number of nitrogens with zero attached hydrogens (tertiary/aromatic N) is 1. The Kier molecular flexibility index (Phi) is 3.19. The monoisotopic (exact) mass is 256 g/mol. The van der Waals surface area contributed by atoms with E-state index in [1.54, 1.807) is 6.20 Å². The Morgan fingerprint density at radius 3 is 3.00 bits per heavy atom. The van der Waals surface area contributed by atoms with Crippen LogP contribution in [0.2, 0.25) is 0 Å². The number of ether oxygens (including phenoxy) is 1. The molecule has 0 saturated carbocycles. The van der Waals surface area contributed by atoms with Crippen LogP contribution in [0.5, 0.6) is 0 Å². The molecule has 2 heterocycles. The second-order valence-corrected chi connectivity index (χ2v) is 4.65. The number of rotatable bonds is 3. The van der Waals surface area contributed by atoms with Gasteiger partial charge in [-0.1, -0.05) is 25.1 Å². The van der Waals surface area contributed by atoms with Gasteiger partial charge < -0.3 is 15.0 Å². The molecule has 0 bridgehead atoms. The Labute approximate surface area is 111 Å². The molecule has 0 spiro atoms. The molecule has 19 heavy (non-hydrogen) atoms. The van der Waals surface area contributed by atoms with Crippen molar-refractivity contribution in [3.8, 4) is 0 Å². The minimum atomic E-state index is 0.109. The molecule has 4 nitrogen and oxygen atoms in total. The molecule has 1 aromatic heterocycles. The second-order valence-electron chi connectivity index (χ2n) is 4.65. The molecular weight excluding hydrogens is 240 g/mol. The summed E-state index contributed by atoms with van der Waals surface area (Å²) in [5.74, 6) is 0.741. The first kappa shape index (κ1) is 12.1. The summed E-state index contributed by atoms with van der Waals surface area (Å²) >= 11 is 0. The van der Waals surface area contributed by atoms with Crippen molar-refractivity contribution in [1.29, 1.82) is 0 Å². The normalized spacial score (nSPS) is 18.9. The molecule has 4 heteroatoms. The van der Waals surface area contributed by atoms with E-state index in [4.69, 9.17) is 4.74 Å². The van der Waals surface area contributed by atoms with Crippen molar-refractivity contribution in [3.05, 3.63) is 53.0 Å².